The SMILES string of the molecule is CCNC(=O)NS(C)(=O)=Cc1ccnc(Nc2cc(-c3ccc(F)c4ccoc34)c(F)cn2)c1. The van der Waals surface area contributed by atoms with Crippen LogP contribution < -0.4 is 15.4 Å². The zero-order valence-electron chi connectivity index (χ0n) is 18.3. The number of urea groups is 1. The summed E-state index contributed by atoms with van der Waals surface area (Å²) in [5.41, 5.74) is 1.31. The number of nitrogens with zero attached hydrogens (tertiary/aromatic N) is 2. The molecule has 1 unspecified atom stereocenters. The van der Waals surface area contributed by atoms with Gasteiger partial charge in [0, 0.05) is 35.5 Å². The molecule has 3 aromatic heterocycles. The molecule has 11 heteroatoms. The molecular formula is C23H21F2N5O3S. The zero-order chi connectivity index (χ0) is 24.3. The molecular weight excluding hydrogens is 464 g/mol. The Labute approximate surface area is 194 Å². The highest BCUT2D eigenvalue weighted by Crippen LogP contribution is 2.33. The molecule has 4 aromatic rings. The summed E-state index contributed by atoms with van der Waals surface area (Å²) >= 11 is 0. The van der Waals surface area contributed by atoms with E-state index in [0.29, 0.717) is 23.5 Å². The lowest BCUT2D eigenvalue weighted by Crippen LogP contribution is -2.39. The molecule has 0 spiro atoms. The van der Waals surface area contributed by atoms with E-state index in [2.05, 4.69) is 25.3 Å². The van der Waals surface area contributed by atoms with Crippen molar-refractivity contribution in [2.75, 3.05) is 18.1 Å². The van der Waals surface area contributed by atoms with Gasteiger partial charge in [-0.1, -0.05) is 0 Å². The van der Waals surface area contributed by atoms with Crippen LogP contribution in [0.3, 0.4) is 0 Å². The summed E-state index contributed by atoms with van der Waals surface area (Å²) in [6.07, 6.45) is 5.28. The molecule has 0 aliphatic rings. The summed E-state index contributed by atoms with van der Waals surface area (Å²) in [4.78, 5) is 20.0. The monoisotopic (exact) mass is 485 g/mol. The Bertz CT molecular complexity index is 1500. The number of aromatic nitrogens is 2. The number of benzene rings is 1. The Balaban J connectivity index is 1.63. The predicted octanol–water partition coefficient (Wildman–Crippen LogP) is 4.21. The van der Waals surface area contributed by atoms with Crippen LogP contribution in [-0.2, 0) is 9.71 Å². The summed E-state index contributed by atoms with van der Waals surface area (Å²) in [5, 5.41) is 7.17. The van der Waals surface area contributed by atoms with Crippen LogP contribution in [0.5, 0.6) is 0 Å². The van der Waals surface area contributed by atoms with E-state index in [1.807, 2.05) is 0 Å². The Morgan fingerprint density at radius 1 is 1.09 bits per heavy atom. The molecule has 0 radical (unpaired) electrons. The molecule has 2 amide bonds. The average Bonchev–Trinajstić information content (AvgIpc) is 3.26. The van der Waals surface area contributed by atoms with Gasteiger partial charge in [0.05, 0.1) is 27.6 Å². The van der Waals surface area contributed by atoms with Crippen LogP contribution >= 0.6 is 0 Å². The summed E-state index contributed by atoms with van der Waals surface area (Å²) in [6, 6.07) is 8.33. The first-order chi connectivity index (χ1) is 16.3. The van der Waals surface area contributed by atoms with E-state index in [4.69, 9.17) is 4.42 Å². The fourth-order valence-electron chi connectivity index (χ4n) is 3.34. The quantitative estimate of drug-likeness (QED) is 0.353. The molecule has 0 bridgehead atoms. The van der Waals surface area contributed by atoms with Gasteiger partial charge in [-0.25, -0.2) is 27.8 Å². The van der Waals surface area contributed by atoms with Gasteiger partial charge < -0.3 is 15.1 Å². The second-order valence-corrected chi connectivity index (χ2v) is 9.64. The van der Waals surface area contributed by atoms with Gasteiger partial charge in [-0.15, -0.1) is 0 Å². The van der Waals surface area contributed by atoms with Crippen LogP contribution in [0.25, 0.3) is 22.1 Å². The minimum Gasteiger partial charge on any atom is -0.464 e. The van der Waals surface area contributed by atoms with Gasteiger partial charge in [-0.2, -0.15) is 0 Å². The van der Waals surface area contributed by atoms with Crippen molar-refractivity contribution in [3.63, 3.8) is 0 Å². The van der Waals surface area contributed by atoms with Gasteiger partial charge in [0.1, 0.15) is 28.9 Å². The first-order valence-corrected chi connectivity index (χ1v) is 12.2. The maximum atomic E-state index is 14.6. The molecule has 0 saturated carbocycles. The second-order valence-electron chi connectivity index (χ2n) is 7.39. The molecule has 8 nitrogen and oxygen atoms in total. The van der Waals surface area contributed by atoms with Crippen LogP contribution in [0.1, 0.15) is 12.5 Å². The topological polar surface area (TPSA) is 109 Å². The highest BCUT2D eigenvalue weighted by atomic mass is 32.2. The highest BCUT2D eigenvalue weighted by Gasteiger charge is 2.15. The standard InChI is InChI=1S/C23H21F2N5O3S/c1-3-26-23(31)30-34(2,32)13-14-6-8-27-20(10-14)29-21-11-17(19(25)12-28-21)15-4-5-18(24)16-7-9-33-22(15)16/h4-13H,3H2,1-2H3,(H,27,28,29)(H2,26,30,31,32). The number of hydrogen-bond acceptors (Lipinski definition) is 6. The number of carbonyl (C=O) groups is 1. The summed E-state index contributed by atoms with van der Waals surface area (Å²) in [5.74, 6) is -0.434. The smallest absolute Gasteiger partial charge is 0.326 e. The number of fused-ring (bicyclic) bond motifs is 1. The number of nitrogens with one attached hydrogen (secondary N) is 3. The van der Waals surface area contributed by atoms with Crippen molar-refractivity contribution in [2.45, 2.75) is 6.92 Å². The average molecular weight is 486 g/mol. The molecule has 0 aliphatic heterocycles. The van der Waals surface area contributed by atoms with Gasteiger partial charge in [-0.05, 0) is 48.9 Å². The van der Waals surface area contributed by atoms with Crippen molar-refractivity contribution in [1.29, 1.82) is 0 Å². The molecule has 0 aliphatic carbocycles. The van der Waals surface area contributed by atoms with E-state index >= 15 is 0 Å². The largest absolute Gasteiger partial charge is 0.464 e. The van der Waals surface area contributed by atoms with Gasteiger partial charge in [0.15, 0.2) is 0 Å². The molecule has 0 fully saturated rings. The fraction of sp³-hybridized carbons (Fsp3) is 0.130. The van der Waals surface area contributed by atoms with Gasteiger partial charge >= 0.3 is 6.03 Å². The number of pyridine rings is 2. The van der Waals surface area contributed by atoms with E-state index in [-0.39, 0.29) is 22.4 Å². The third-order valence-corrected chi connectivity index (χ3v) is 6.06. The molecule has 1 aromatic carbocycles. The van der Waals surface area contributed by atoms with Gasteiger partial charge in [0.25, 0.3) is 0 Å². The number of hydrogen-bond donors (Lipinski definition) is 3. The lowest BCUT2D eigenvalue weighted by atomic mass is 10.0. The molecule has 0 saturated heterocycles. The lowest BCUT2D eigenvalue weighted by molar-refractivity contribution is 0.246. The molecule has 4 rings (SSSR count). The highest BCUT2D eigenvalue weighted by molar-refractivity contribution is 7.99. The van der Waals surface area contributed by atoms with Crippen molar-refractivity contribution >= 4 is 43.7 Å². The number of anilines is 2. The van der Waals surface area contributed by atoms with Crippen LogP contribution in [0, 0.1) is 11.6 Å². The summed E-state index contributed by atoms with van der Waals surface area (Å²) < 4.78 is 49.1. The molecule has 1 atom stereocenters. The van der Waals surface area contributed by atoms with Gasteiger partial charge in [0.2, 0.25) is 0 Å². The number of amides is 2. The normalized spacial score (nSPS) is 12.7. The minimum atomic E-state index is -2.81. The predicted molar refractivity (Wildman–Crippen MR) is 128 cm³/mol. The lowest BCUT2D eigenvalue weighted by Gasteiger charge is -2.10. The van der Waals surface area contributed by atoms with E-state index in [9.17, 15) is 17.8 Å². The summed E-state index contributed by atoms with van der Waals surface area (Å²) in [7, 11) is -2.81. The first kappa shape index (κ1) is 23.2. The van der Waals surface area contributed by atoms with E-state index < -0.39 is 27.4 Å². The molecule has 3 N–H and O–H groups in total. The zero-order valence-corrected chi connectivity index (χ0v) is 19.1. The Morgan fingerprint density at radius 2 is 1.88 bits per heavy atom. The fourth-order valence-corrected chi connectivity index (χ4v) is 4.51. The van der Waals surface area contributed by atoms with Crippen LogP contribution in [-0.4, -0.2) is 38.4 Å². The number of carbonyl (C=O) groups excluding carboxylic acids is 1. The third-order valence-electron chi connectivity index (χ3n) is 4.74. The van der Waals surface area contributed by atoms with Gasteiger partial charge in [-0.3, -0.25) is 4.72 Å². The Hall–Kier alpha value is -3.99. The van der Waals surface area contributed by atoms with Crippen molar-refractivity contribution in [3.8, 4) is 11.1 Å². The summed E-state index contributed by atoms with van der Waals surface area (Å²) in [6.45, 7) is 2.16. The van der Waals surface area contributed by atoms with Crippen LogP contribution in [0.4, 0.5) is 25.2 Å². The number of rotatable bonds is 6. The Morgan fingerprint density at radius 3 is 2.68 bits per heavy atom. The van der Waals surface area contributed by atoms with E-state index in [1.54, 1.807) is 19.1 Å². The maximum Gasteiger partial charge on any atom is 0.326 e. The second kappa shape index (κ2) is 9.48. The molecule has 3 heterocycles. The third kappa shape index (κ3) is 5.15. The van der Waals surface area contributed by atoms with Crippen molar-refractivity contribution in [2.24, 2.45) is 0 Å². The van der Waals surface area contributed by atoms with Crippen molar-refractivity contribution < 1.29 is 22.2 Å². The van der Waals surface area contributed by atoms with E-state index in [0.717, 1.165) is 6.20 Å². The minimum absolute atomic E-state index is 0.169. The van der Waals surface area contributed by atoms with E-state index in [1.165, 1.54) is 48.3 Å². The number of halogens is 2. The number of furan rings is 1. The van der Waals surface area contributed by atoms with Crippen LogP contribution in [0.2, 0.25) is 0 Å². The molecule has 176 valence electrons. The molecule has 34 heavy (non-hydrogen) atoms. The van der Waals surface area contributed by atoms with Crippen molar-refractivity contribution in [3.05, 3.63) is 72.3 Å². The van der Waals surface area contributed by atoms with Crippen molar-refractivity contribution in [1.82, 2.24) is 20.0 Å². The first-order valence-electron chi connectivity index (χ1n) is 10.2. The Kier molecular flexibility index (Phi) is 6.46. The maximum absolute atomic E-state index is 14.6. The van der Waals surface area contributed by atoms with Crippen LogP contribution in [0.15, 0.2) is 59.5 Å².